The molecule has 0 bridgehead atoms. The highest BCUT2D eigenvalue weighted by molar-refractivity contribution is 6.29. The van der Waals surface area contributed by atoms with E-state index in [2.05, 4.69) is 15.3 Å². The largest absolute Gasteiger partial charge is 0.492 e. The molecule has 4 nitrogen and oxygen atoms in total. The van der Waals surface area contributed by atoms with E-state index in [1.165, 1.54) is 6.33 Å². The van der Waals surface area contributed by atoms with Gasteiger partial charge in [0.2, 0.25) is 0 Å². The first kappa shape index (κ1) is 11.7. The molecule has 0 aliphatic carbocycles. The zero-order valence-corrected chi connectivity index (χ0v) is 10.1. The first-order valence-corrected chi connectivity index (χ1v) is 5.64. The summed E-state index contributed by atoms with van der Waals surface area (Å²) in [6.07, 6.45) is 1.41. The maximum Gasteiger partial charge on any atom is 0.142 e. The fourth-order valence-electron chi connectivity index (χ4n) is 1.39. The normalized spacial score (nSPS) is 10.0. The summed E-state index contributed by atoms with van der Waals surface area (Å²) in [6, 6.07) is 9.32. The van der Waals surface area contributed by atoms with Crippen LogP contribution < -0.4 is 10.1 Å². The standard InChI is InChI=1S/C12H12ClN3O/c1-2-17-10-6-4-3-5-9(10)16-12-7-11(13)14-8-15-12/h3-8H,2H2,1H3,(H,14,15,16). The number of ether oxygens (including phenoxy) is 1. The maximum absolute atomic E-state index is 5.79. The number of rotatable bonds is 4. The smallest absolute Gasteiger partial charge is 0.142 e. The summed E-state index contributed by atoms with van der Waals surface area (Å²) in [5, 5.41) is 3.54. The van der Waals surface area contributed by atoms with Gasteiger partial charge in [-0.1, -0.05) is 23.7 Å². The molecule has 0 aliphatic heterocycles. The topological polar surface area (TPSA) is 47.0 Å². The predicted molar refractivity (Wildman–Crippen MR) is 67.9 cm³/mol. The van der Waals surface area contributed by atoms with Crippen LogP contribution in [0.3, 0.4) is 0 Å². The summed E-state index contributed by atoms with van der Waals surface area (Å²) >= 11 is 5.79. The lowest BCUT2D eigenvalue weighted by atomic mass is 10.3. The van der Waals surface area contributed by atoms with Gasteiger partial charge in [0.1, 0.15) is 23.0 Å². The second-order valence-corrected chi connectivity index (χ2v) is 3.67. The Kier molecular flexibility index (Phi) is 3.77. The molecule has 0 fully saturated rings. The lowest BCUT2D eigenvalue weighted by Crippen LogP contribution is -1.99. The van der Waals surface area contributed by atoms with Gasteiger partial charge in [-0.2, -0.15) is 0 Å². The monoisotopic (exact) mass is 249 g/mol. The van der Waals surface area contributed by atoms with Crippen molar-refractivity contribution >= 4 is 23.1 Å². The molecule has 0 aliphatic rings. The number of nitrogens with zero attached hydrogens (tertiary/aromatic N) is 2. The Morgan fingerprint density at radius 1 is 1.29 bits per heavy atom. The molecular formula is C12H12ClN3O. The van der Waals surface area contributed by atoms with Crippen LogP contribution in [0.25, 0.3) is 0 Å². The number of benzene rings is 1. The highest BCUT2D eigenvalue weighted by atomic mass is 35.5. The third-order valence-corrected chi connectivity index (χ3v) is 2.29. The van der Waals surface area contributed by atoms with Crippen molar-refractivity contribution in [1.29, 1.82) is 0 Å². The van der Waals surface area contributed by atoms with Crippen molar-refractivity contribution in [2.75, 3.05) is 11.9 Å². The molecule has 0 unspecified atom stereocenters. The Labute approximate surface area is 105 Å². The lowest BCUT2D eigenvalue weighted by Gasteiger charge is -2.11. The predicted octanol–water partition coefficient (Wildman–Crippen LogP) is 3.27. The third-order valence-electron chi connectivity index (χ3n) is 2.08. The second-order valence-electron chi connectivity index (χ2n) is 3.28. The van der Waals surface area contributed by atoms with Crippen molar-refractivity contribution in [1.82, 2.24) is 9.97 Å². The molecule has 0 saturated heterocycles. The van der Waals surface area contributed by atoms with Gasteiger partial charge in [-0.25, -0.2) is 9.97 Å². The van der Waals surface area contributed by atoms with Crippen LogP contribution in [0, 0.1) is 0 Å². The molecule has 0 amide bonds. The molecule has 2 aromatic rings. The van der Waals surface area contributed by atoms with Gasteiger partial charge in [-0.05, 0) is 19.1 Å². The minimum atomic E-state index is 0.399. The minimum absolute atomic E-state index is 0.399. The molecule has 0 atom stereocenters. The van der Waals surface area contributed by atoms with E-state index in [0.717, 1.165) is 11.4 Å². The van der Waals surface area contributed by atoms with E-state index in [-0.39, 0.29) is 0 Å². The number of hydrogen-bond acceptors (Lipinski definition) is 4. The van der Waals surface area contributed by atoms with Crippen molar-refractivity contribution in [2.45, 2.75) is 6.92 Å². The van der Waals surface area contributed by atoms with E-state index < -0.39 is 0 Å². The van der Waals surface area contributed by atoms with Crippen molar-refractivity contribution < 1.29 is 4.74 Å². The Morgan fingerprint density at radius 2 is 2.12 bits per heavy atom. The molecule has 1 aromatic carbocycles. The van der Waals surface area contributed by atoms with Gasteiger partial charge >= 0.3 is 0 Å². The van der Waals surface area contributed by atoms with Gasteiger partial charge in [0.15, 0.2) is 0 Å². The molecule has 5 heteroatoms. The highest BCUT2D eigenvalue weighted by Gasteiger charge is 2.03. The zero-order chi connectivity index (χ0) is 12.1. The molecule has 0 radical (unpaired) electrons. The lowest BCUT2D eigenvalue weighted by molar-refractivity contribution is 0.342. The average molecular weight is 250 g/mol. The summed E-state index contributed by atoms with van der Waals surface area (Å²) in [4.78, 5) is 7.90. The van der Waals surface area contributed by atoms with Gasteiger partial charge in [-0.3, -0.25) is 0 Å². The van der Waals surface area contributed by atoms with E-state index in [9.17, 15) is 0 Å². The fraction of sp³-hybridized carbons (Fsp3) is 0.167. The van der Waals surface area contributed by atoms with Gasteiger partial charge in [-0.15, -0.1) is 0 Å². The molecule has 0 spiro atoms. The Balaban J connectivity index is 2.23. The first-order chi connectivity index (χ1) is 8.29. The SMILES string of the molecule is CCOc1ccccc1Nc1cc(Cl)ncn1. The van der Waals surface area contributed by atoms with Gasteiger partial charge < -0.3 is 10.1 Å². The number of aromatic nitrogens is 2. The maximum atomic E-state index is 5.79. The summed E-state index contributed by atoms with van der Waals surface area (Å²) < 4.78 is 5.50. The third kappa shape index (κ3) is 3.07. The van der Waals surface area contributed by atoms with Crippen LogP contribution in [0.1, 0.15) is 6.92 Å². The van der Waals surface area contributed by atoms with E-state index in [1.807, 2.05) is 31.2 Å². The van der Waals surface area contributed by atoms with Crippen LogP contribution in [0.5, 0.6) is 5.75 Å². The van der Waals surface area contributed by atoms with E-state index in [1.54, 1.807) is 6.07 Å². The van der Waals surface area contributed by atoms with E-state index in [4.69, 9.17) is 16.3 Å². The molecule has 1 N–H and O–H groups in total. The minimum Gasteiger partial charge on any atom is -0.492 e. The molecular weight excluding hydrogens is 238 g/mol. The molecule has 17 heavy (non-hydrogen) atoms. The van der Waals surface area contributed by atoms with Crippen LogP contribution in [-0.2, 0) is 0 Å². The fourth-order valence-corrected chi connectivity index (χ4v) is 1.54. The van der Waals surface area contributed by atoms with E-state index in [0.29, 0.717) is 17.6 Å². The van der Waals surface area contributed by atoms with Gasteiger partial charge in [0.05, 0.1) is 12.3 Å². The summed E-state index contributed by atoms with van der Waals surface area (Å²) in [6.45, 7) is 2.56. The first-order valence-electron chi connectivity index (χ1n) is 5.26. The molecule has 1 heterocycles. The van der Waals surface area contributed by atoms with Gasteiger partial charge in [0, 0.05) is 6.07 Å². The Bertz CT molecular complexity index is 505. The Hall–Kier alpha value is -1.81. The molecule has 0 saturated carbocycles. The van der Waals surface area contributed by atoms with Crippen molar-refractivity contribution in [3.63, 3.8) is 0 Å². The number of halogens is 1. The van der Waals surface area contributed by atoms with Gasteiger partial charge in [0.25, 0.3) is 0 Å². The number of para-hydroxylation sites is 2. The number of nitrogens with one attached hydrogen (secondary N) is 1. The number of hydrogen-bond donors (Lipinski definition) is 1. The van der Waals surface area contributed by atoms with Crippen LogP contribution >= 0.6 is 11.6 Å². The average Bonchev–Trinajstić information content (AvgIpc) is 2.32. The molecule has 88 valence electrons. The van der Waals surface area contributed by atoms with E-state index >= 15 is 0 Å². The quantitative estimate of drug-likeness (QED) is 0.845. The molecule has 1 aromatic heterocycles. The van der Waals surface area contributed by atoms with Crippen molar-refractivity contribution in [3.05, 3.63) is 41.8 Å². The second kappa shape index (κ2) is 5.50. The molecule has 2 rings (SSSR count). The zero-order valence-electron chi connectivity index (χ0n) is 9.35. The van der Waals surface area contributed by atoms with Crippen LogP contribution in [0.15, 0.2) is 36.7 Å². The highest BCUT2D eigenvalue weighted by Crippen LogP contribution is 2.26. The number of anilines is 2. The van der Waals surface area contributed by atoms with Crippen LogP contribution in [-0.4, -0.2) is 16.6 Å². The van der Waals surface area contributed by atoms with Crippen molar-refractivity contribution in [2.24, 2.45) is 0 Å². The van der Waals surface area contributed by atoms with Crippen LogP contribution in [0.4, 0.5) is 11.5 Å². The summed E-state index contributed by atoms with van der Waals surface area (Å²) in [7, 11) is 0. The van der Waals surface area contributed by atoms with Crippen LogP contribution in [0.2, 0.25) is 5.15 Å². The summed E-state index contributed by atoms with van der Waals surface area (Å²) in [5.41, 5.74) is 0.851. The Morgan fingerprint density at radius 3 is 2.88 bits per heavy atom. The summed E-state index contributed by atoms with van der Waals surface area (Å²) in [5.74, 6) is 1.42. The van der Waals surface area contributed by atoms with Crippen molar-refractivity contribution in [3.8, 4) is 5.75 Å².